The molecular formula is C12H18N4OS. The van der Waals surface area contributed by atoms with Crippen LogP contribution in [0.3, 0.4) is 0 Å². The second-order valence-corrected chi connectivity index (χ2v) is 6.03. The normalized spacial score (nSPS) is 24.6. The summed E-state index contributed by atoms with van der Waals surface area (Å²) in [7, 11) is 1.93. The van der Waals surface area contributed by atoms with E-state index in [4.69, 9.17) is 0 Å². The molecule has 6 heteroatoms. The second kappa shape index (κ2) is 4.51. The summed E-state index contributed by atoms with van der Waals surface area (Å²) in [6.45, 7) is 2.02. The maximum absolute atomic E-state index is 9.49. The average Bonchev–Trinajstić information content (AvgIpc) is 2.85. The van der Waals surface area contributed by atoms with Crippen LogP contribution in [-0.2, 0) is 7.05 Å². The molecule has 2 aromatic rings. The van der Waals surface area contributed by atoms with Gasteiger partial charge in [-0.05, 0) is 32.6 Å². The molecule has 0 aromatic carbocycles. The standard InChI is InChI=1S/C12H18N4OS/c1-7-10-11(16(2)15-7)14-12(18-10)13-8-3-5-9(17)6-4-8/h8-9,17H,3-6H2,1-2H3,(H,13,14). The van der Waals surface area contributed by atoms with Gasteiger partial charge in [-0.1, -0.05) is 11.3 Å². The van der Waals surface area contributed by atoms with Gasteiger partial charge in [0.05, 0.1) is 16.5 Å². The van der Waals surface area contributed by atoms with Gasteiger partial charge in [-0.2, -0.15) is 5.10 Å². The highest BCUT2D eigenvalue weighted by Crippen LogP contribution is 2.30. The summed E-state index contributed by atoms with van der Waals surface area (Å²) >= 11 is 1.67. The third kappa shape index (κ3) is 2.10. The molecule has 2 aromatic heterocycles. The molecule has 0 unspecified atom stereocenters. The van der Waals surface area contributed by atoms with Crippen molar-refractivity contribution in [3.63, 3.8) is 0 Å². The number of hydrogen-bond donors (Lipinski definition) is 2. The lowest BCUT2D eigenvalue weighted by Crippen LogP contribution is -2.28. The van der Waals surface area contributed by atoms with Crippen molar-refractivity contribution < 1.29 is 5.11 Å². The highest BCUT2D eigenvalue weighted by atomic mass is 32.1. The van der Waals surface area contributed by atoms with Crippen molar-refractivity contribution in [3.8, 4) is 0 Å². The summed E-state index contributed by atoms with van der Waals surface area (Å²) in [5.41, 5.74) is 1.99. The largest absolute Gasteiger partial charge is 0.393 e. The molecule has 98 valence electrons. The number of hydrogen-bond acceptors (Lipinski definition) is 5. The van der Waals surface area contributed by atoms with Crippen LogP contribution >= 0.6 is 11.3 Å². The van der Waals surface area contributed by atoms with Crippen LogP contribution in [0.4, 0.5) is 5.13 Å². The van der Waals surface area contributed by atoms with Gasteiger partial charge in [-0.3, -0.25) is 0 Å². The van der Waals surface area contributed by atoms with Gasteiger partial charge in [-0.15, -0.1) is 0 Å². The van der Waals surface area contributed by atoms with Crippen molar-refractivity contribution in [2.45, 2.75) is 44.8 Å². The molecule has 5 nitrogen and oxygen atoms in total. The molecular weight excluding hydrogens is 248 g/mol. The fourth-order valence-electron chi connectivity index (χ4n) is 2.54. The van der Waals surface area contributed by atoms with Crippen LogP contribution < -0.4 is 5.32 Å². The van der Waals surface area contributed by atoms with Gasteiger partial charge < -0.3 is 10.4 Å². The Morgan fingerprint density at radius 1 is 1.33 bits per heavy atom. The molecule has 1 saturated carbocycles. The minimum Gasteiger partial charge on any atom is -0.393 e. The number of aromatic nitrogens is 3. The number of rotatable bonds is 2. The van der Waals surface area contributed by atoms with E-state index in [9.17, 15) is 5.11 Å². The third-order valence-corrected chi connectivity index (χ3v) is 4.65. The van der Waals surface area contributed by atoms with E-state index in [0.717, 1.165) is 46.9 Å². The van der Waals surface area contributed by atoms with E-state index in [1.807, 2.05) is 18.7 Å². The zero-order chi connectivity index (χ0) is 12.7. The molecule has 0 aliphatic heterocycles. The lowest BCUT2D eigenvalue weighted by Gasteiger charge is -2.25. The SMILES string of the molecule is Cc1nn(C)c2nc(NC3CCC(O)CC3)sc12. The number of thiazole rings is 1. The molecule has 1 aliphatic rings. The van der Waals surface area contributed by atoms with Crippen molar-refractivity contribution >= 4 is 26.8 Å². The molecule has 0 amide bonds. The molecule has 0 saturated heterocycles. The van der Waals surface area contributed by atoms with Gasteiger partial charge >= 0.3 is 0 Å². The molecule has 0 bridgehead atoms. The molecule has 0 spiro atoms. The number of nitrogens with zero attached hydrogens (tertiary/aromatic N) is 3. The number of fused-ring (bicyclic) bond motifs is 1. The van der Waals surface area contributed by atoms with Crippen molar-refractivity contribution in [1.29, 1.82) is 0 Å². The van der Waals surface area contributed by atoms with Gasteiger partial charge in [0.15, 0.2) is 10.8 Å². The first-order valence-corrected chi connectivity index (χ1v) is 7.20. The maximum atomic E-state index is 9.49. The molecule has 0 atom stereocenters. The van der Waals surface area contributed by atoms with Crippen molar-refractivity contribution in [3.05, 3.63) is 5.69 Å². The van der Waals surface area contributed by atoms with Crippen molar-refractivity contribution in [2.24, 2.45) is 7.05 Å². The Hall–Kier alpha value is -1.14. The Kier molecular flexibility index (Phi) is 2.99. The monoisotopic (exact) mass is 266 g/mol. The lowest BCUT2D eigenvalue weighted by molar-refractivity contribution is 0.126. The fourth-order valence-corrected chi connectivity index (χ4v) is 3.55. The Morgan fingerprint density at radius 2 is 2.06 bits per heavy atom. The number of aryl methyl sites for hydroxylation is 2. The number of nitrogens with one attached hydrogen (secondary N) is 1. The quantitative estimate of drug-likeness (QED) is 0.873. The summed E-state index contributed by atoms with van der Waals surface area (Å²) in [5, 5.41) is 18.3. The fraction of sp³-hybridized carbons (Fsp3) is 0.667. The smallest absolute Gasteiger partial charge is 0.185 e. The summed E-state index contributed by atoms with van der Waals surface area (Å²) in [5.74, 6) is 0. The van der Waals surface area contributed by atoms with Gasteiger partial charge in [0.25, 0.3) is 0 Å². The molecule has 1 fully saturated rings. The predicted molar refractivity (Wildman–Crippen MR) is 73.0 cm³/mol. The zero-order valence-corrected chi connectivity index (χ0v) is 11.5. The number of anilines is 1. The summed E-state index contributed by atoms with van der Waals surface area (Å²) < 4.78 is 2.99. The summed E-state index contributed by atoms with van der Waals surface area (Å²) in [6.07, 6.45) is 3.72. The molecule has 2 heterocycles. The minimum absolute atomic E-state index is 0.107. The Balaban J connectivity index is 1.77. The first-order chi connectivity index (χ1) is 8.63. The highest BCUT2D eigenvalue weighted by Gasteiger charge is 2.20. The molecule has 3 rings (SSSR count). The summed E-state index contributed by atoms with van der Waals surface area (Å²) in [4.78, 5) is 4.59. The second-order valence-electron chi connectivity index (χ2n) is 5.03. The minimum atomic E-state index is -0.107. The Morgan fingerprint density at radius 3 is 2.72 bits per heavy atom. The van der Waals surface area contributed by atoms with Crippen LogP contribution in [0.5, 0.6) is 0 Å². The van der Waals surface area contributed by atoms with Gasteiger partial charge in [-0.25, -0.2) is 9.67 Å². The van der Waals surface area contributed by atoms with Gasteiger partial charge in [0, 0.05) is 13.1 Å². The van der Waals surface area contributed by atoms with Crippen LogP contribution in [0.2, 0.25) is 0 Å². The zero-order valence-electron chi connectivity index (χ0n) is 10.7. The predicted octanol–water partition coefficient (Wildman–Crippen LogP) is 2.05. The molecule has 0 radical (unpaired) electrons. The van der Waals surface area contributed by atoms with Crippen molar-refractivity contribution in [1.82, 2.24) is 14.8 Å². The van der Waals surface area contributed by atoms with E-state index >= 15 is 0 Å². The van der Waals surface area contributed by atoms with E-state index in [-0.39, 0.29) is 6.10 Å². The van der Waals surface area contributed by atoms with Crippen LogP contribution in [0.1, 0.15) is 31.4 Å². The Labute approximate surface area is 110 Å². The van der Waals surface area contributed by atoms with Crippen LogP contribution in [-0.4, -0.2) is 32.0 Å². The molecule has 1 aliphatic carbocycles. The maximum Gasteiger partial charge on any atom is 0.185 e. The lowest BCUT2D eigenvalue weighted by atomic mass is 9.93. The molecule has 18 heavy (non-hydrogen) atoms. The van der Waals surface area contributed by atoms with E-state index in [1.54, 1.807) is 11.3 Å². The number of aliphatic hydroxyl groups is 1. The molecule has 2 N–H and O–H groups in total. The van der Waals surface area contributed by atoms with Crippen molar-refractivity contribution in [2.75, 3.05) is 5.32 Å². The highest BCUT2D eigenvalue weighted by molar-refractivity contribution is 7.22. The average molecular weight is 266 g/mol. The van der Waals surface area contributed by atoms with Crippen LogP contribution in [0.25, 0.3) is 10.3 Å². The van der Waals surface area contributed by atoms with E-state index < -0.39 is 0 Å². The van der Waals surface area contributed by atoms with E-state index in [1.165, 1.54) is 0 Å². The van der Waals surface area contributed by atoms with E-state index in [2.05, 4.69) is 15.4 Å². The van der Waals surface area contributed by atoms with Gasteiger partial charge in [0.1, 0.15) is 0 Å². The number of aliphatic hydroxyl groups excluding tert-OH is 1. The van der Waals surface area contributed by atoms with Crippen LogP contribution in [0, 0.1) is 6.92 Å². The first kappa shape index (κ1) is 11.9. The van der Waals surface area contributed by atoms with Crippen LogP contribution in [0.15, 0.2) is 0 Å². The topological polar surface area (TPSA) is 63.0 Å². The Bertz CT molecular complexity index is 519. The summed E-state index contributed by atoms with van der Waals surface area (Å²) in [6, 6.07) is 0.447. The van der Waals surface area contributed by atoms with Gasteiger partial charge in [0.2, 0.25) is 0 Å². The third-order valence-electron chi connectivity index (χ3n) is 3.57. The first-order valence-electron chi connectivity index (χ1n) is 6.38. The van der Waals surface area contributed by atoms with E-state index in [0.29, 0.717) is 6.04 Å².